The van der Waals surface area contributed by atoms with Crippen molar-refractivity contribution in [3.8, 4) is 11.5 Å². The molecule has 2 aromatic heterocycles. The molecule has 0 radical (unpaired) electrons. The van der Waals surface area contributed by atoms with Crippen LogP contribution in [-0.2, 0) is 22.6 Å². The minimum atomic E-state index is -0.250. The second kappa shape index (κ2) is 8.09. The number of likely N-dealkylation sites (tertiary alicyclic amines) is 1. The maximum Gasteiger partial charge on any atom is 0.290 e. The van der Waals surface area contributed by atoms with E-state index in [1.54, 1.807) is 12.4 Å². The summed E-state index contributed by atoms with van der Waals surface area (Å²) in [7, 11) is 2.07. The summed E-state index contributed by atoms with van der Waals surface area (Å²) in [5.41, 5.74) is 1.76. The SMILES string of the molecule is CN1CCC(C(=O)N2CCc3oc(-c4cccnc4)nc3C2)C1.O=CO. The molecule has 26 heavy (non-hydrogen) atoms. The number of hydrogen-bond donors (Lipinski definition) is 1. The Labute approximate surface area is 151 Å². The summed E-state index contributed by atoms with van der Waals surface area (Å²) in [5, 5.41) is 6.89. The molecule has 8 heteroatoms. The first-order valence-corrected chi connectivity index (χ1v) is 8.56. The first kappa shape index (κ1) is 18.1. The van der Waals surface area contributed by atoms with E-state index in [4.69, 9.17) is 14.3 Å². The molecule has 1 N–H and O–H groups in total. The number of rotatable bonds is 2. The highest BCUT2D eigenvalue weighted by Gasteiger charge is 2.33. The third-order valence-electron chi connectivity index (χ3n) is 4.69. The zero-order chi connectivity index (χ0) is 18.5. The van der Waals surface area contributed by atoms with Gasteiger partial charge in [0.15, 0.2) is 0 Å². The van der Waals surface area contributed by atoms with Crippen LogP contribution in [0.25, 0.3) is 11.5 Å². The number of fused-ring (bicyclic) bond motifs is 1. The van der Waals surface area contributed by atoms with Gasteiger partial charge >= 0.3 is 0 Å². The lowest BCUT2D eigenvalue weighted by Gasteiger charge is -2.27. The van der Waals surface area contributed by atoms with Crippen molar-refractivity contribution in [1.82, 2.24) is 19.8 Å². The Kier molecular flexibility index (Phi) is 5.62. The first-order chi connectivity index (χ1) is 12.6. The molecule has 138 valence electrons. The molecule has 0 bridgehead atoms. The summed E-state index contributed by atoms with van der Waals surface area (Å²) in [6.45, 7) is 2.89. The summed E-state index contributed by atoms with van der Waals surface area (Å²) in [6.07, 6.45) is 5.16. The number of oxazole rings is 1. The number of aromatic nitrogens is 2. The molecule has 0 aromatic carbocycles. The maximum atomic E-state index is 12.7. The second-order valence-electron chi connectivity index (χ2n) is 6.49. The molecule has 0 spiro atoms. The van der Waals surface area contributed by atoms with Crippen LogP contribution >= 0.6 is 0 Å². The van der Waals surface area contributed by atoms with Crippen molar-refractivity contribution in [2.24, 2.45) is 5.92 Å². The molecular formula is C18H22N4O4. The number of pyridine rings is 1. The monoisotopic (exact) mass is 358 g/mol. The van der Waals surface area contributed by atoms with Crippen LogP contribution in [0, 0.1) is 5.92 Å². The molecule has 2 aromatic rings. The predicted molar refractivity (Wildman–Crippen MR) is 93.2 cm³/mol. The van der Waals surface area contributed by atoms with Gasteiger partial charge in [0, 0.05) is 31.9 Å². The Morgan fingerprint density at radius 2 is 2.23 bits per heavy atom. The van der Waals surface area contributed by atoms with E-state index in [-0.39, 0.29) is 18.3 Å². The molecule has 2 aliphatic heterocycles. The van der Waals surface area contributed by atoms with Crippen LogP contribution < -0.4 is 0 Å². The van der Waals surface area contributed by atoms with Gasteiger partial charge in [-0.05, 0) is 32.1 Å². The minimum Gasteiger partial charge on any atom is -0.483 e. The average Bonchev–Trinajstić information content (AvgIpc) is 3.28. The van der Waals surface area contributed by atoms with Crippen LogP contribution in [0.15, 0.2) is 28.9 Å². The molecule has 1 amide bonds. The van der Waals surface area contributed by atoms with Gasteiger partial charge in [0.1, 0.15) is 11.5 Å². The van der Waals surface area contributed by atoms with Crippen LogP contribution in [0.4, 0.5) is 0 Å². The van der Waals surface area contributed by atoms with Crippen molar-refractivity contribution in [3.63, 3.8) is 0 Å². The van der Waals surface area contributed by atoms with Gasteiger partial charge < -0.3 is 19.3 Å². The number of carboxylic acid groups (broad SMARTS) is 1. The zero-order valence-corrected chi connectivity index (χ0v) is 14.7. The largest absolute Gasteiger partial charge is 0.483 e. The van der Waals surface area contributed by atoms with Gasteiger partial charge in [-0.2, -0.15) is 0 Å². The predicted octanol–water partition coefficient (Wildman–Crippen LogP) is 1.27. The smallest absolute Gasteiger partial charge is 0.290 e. The molecule has 0 aliphatic carbocycles. The molecule has 1 saturated heterocycles. The van der Waals surface area contributed by atoms with Crippen molar-refractivity contribution in [3.05, 3.63) is 36.0 Å². The van der Waals surface area contributed by atoms with E-state index in [0.29, 0.717) is 19.0 Å². The fourth-order valence-corrected chi connectivity index (χ4v) is 3.39. The summed E-state index contributed by atoms with van der Waals surface area (Å²) in [4.78, 5) is 33.9. The topological polar surface area (TPSA) is 99.8 Å². The molecule has 0 saturated carbocycles. The standard InChI is InChI=1S/C17H20N4O2.CH2O2/c1-20-7-4-13(10-20)17(22)21-8-5-15-14(11-21)19-16(23-15)12-3-2-6-18-9-12;2-1-3/h2-3,6,9,13H,4-5,7-8,10-11H2,1H3;1H,(H,2,3). The number of carbonyl (C=O) groups is 2. The third-order valence-corrected chi connectivity index (χ3v) is 4.69. The lowest BCUT2D eigenvalue weighted by atomic mass is 10.1. The van der Waals surface area contributed by atoms with E-state index >= 15 is 0 Å². The summed E-state index contributed by atoms with van der Waals surface area (Å²) in [5.74, 6) is 1.88. The number of amides is 1. The van der Waals surface area contributed by atoms with Gasteiger partial charge in [0.2, 0.25) is 11.8 Å². The molecular weight excluding hydrogens is 336 g/mol. The fourth-order valence-electron chi connectivity index (χ4n) is 3.39. The Hall–Kier alpha value is -2.74. The summed E-state index contributed by atoms with van der Waals surface area (Å²) < 4.78 is 5.87. The van der Waals surface area contributed by atoms with Crippen molar-refractivity contribution >= 4 is 12.4 Å². The Morgan fingerprint density at radius 1 is 1.42 bits per heavy atom. The molecule has 2 aliphatic rings. The van der Waals surface area contributed by atoms with E-state index in [2.05, 4.69) is 21.9 Å². The van der Waals surface area contributed by atoms with Crippen LogP contribution in [0.2, 0.25) is 0 Å². The molecule has 1 fully saturated rings. The molecule has 1 atom stereocenters. The van der Waals surface area contributed by atoms with Crippen LogP contribution in [0.1, 0.15) is 17.9 Å². The van der Waals surface area contributed by atoms with E-state index in [1.165, 1.54) is 0 Å². The van der Waals surface area contributed by atoms with Crippen LogP contribution in [-0.4, -0.2) is 63.9 Å². The summed E-state index contributed by atoms with van der Waals surface area (Å²) >= 11 is 0. The Bertz CT molecular complexity index is 762. The molecule has 4 heterocycles. The van der Waals surface area contributed by atoms with Gasteiger partial charge in [-0.15, -0.1) is 0 Å². The third kappa shape index (κ3) is 3.91. The van der Waals surface area contributed by atoms with E-state index in [9.17, 15) is 4.79 Å². The molecule has 1 unspecified atom stereocenters. The molecule has 4 rings (SSSR count). The molecule has 8 nitrogen and oxygen atoms in total. The van der Waals surface area contributed by atoms with E-state index < -0.39 is 0 Å². The van der Waals surface area contributed by atoms with Crippen molar-refractivity contribution in [1.29, 1.82) is 0 Å². The van der Waals surface area contributed by atoms with Gasteiger partial charge in [-0.1, -0.05) is 0 Å². The normalized spacial score (nSPS) is 19.4. The zero-order valence-electron chi connectivity index (χ0n) is 14.7. The van der Waals surface area contributed by atoms with Crippen LogP contribution in [0.5, 0.6) is 0 Å². The van der Waals surface area contributed by atoms with Gasteiger partial charge in [0.05, 0.1) is 18.0 Å². The second-order valence-corrected chi connectivity index (χ2v) is 6.49. The maximum absolute atomic E-state index is 12.7. The van der Waals surface area contributed by atoms with Crippen molar-refractivity contribution in [2.45, 2.75) is 19.4 Å². The highest BCUT2D eigenvalue weighted by atomic mass is 16.4. The van der Waals surface area contributed by atoms with E-state index in [1.807, 2.05) is 17.0 Å². The van der Waals surface area contributed by atoms with Crippen molar-refractivity contribution < 1.29 is 19.1 Å². The summed E-state index contributed by atoms with van der Waals surface area (Å²) in [6, 6.07) is 3.80. The van der Waals surface area contributed by atoms with E-state index in [0.717, 1.165) is 42.9 Å². The highest BCUT2D eigenvalue weighted by Crippen LogP contribution is 2.27. The number of carbonyl (C=O) groups excluding carboxylic acids is 1. The van der Waals surface area contributed by atoms with Crippen molar-refractivity contribution in [2.75, 3.05) is 26.7 Å². The quantitative estimate of drug-likeness (QED) is 0.807. The van der Waals surface area contributed by atoms with Gasteiger partial charge in [0.25, 0.3) is 6.47 Å². The number of hydrogen-bond acceptors (Lipinski definition) is 6. The fraction of sp³-hybridized carbons (Fsp3) is 0.444. The van der Waals surface area contributed by atoms with Gasteiger partial charge in [-0.3, -0.25) is 14.6 Å². The first-order valence-electron chi connectivity index (χ1n) is 8.56. The minimum absolute atomic E-state index is 0.131. The highest BCUT2D eigenvalue weighted by molar-refractivity contribution is 5.79. The number of nitrogens with zero attached hydrogens (tertiary/aromatic N) is 4. The Morgan fingerprint density at radius 3 is 2.88 bits per heavy atom. The Balaban J connectivity index is 0.000000613. The van der Waals surface area contributed by atoms with Crippen LogP contribution in [0.3, 0.4) is 0 Å². The average molecular weight is 358 g/mol. The lowest BCUT2D eigenvalue weighted by Crippen LogP contribution is -2.40. The lowest BCUT2D eigenvalue weighted by molar-refractivity contribution is -0.136. The van der Waals surface area contributed by atoms with Gasteiger partial charge in [-0.25, -0.2) is 4.98 Å².